The first kappa shape index (κ1) is 12.5. The molecular formula is C17H17N3. The summed E-state index contributed by atoms with van der Waals surface area (Å²) in [6.45, 7) is 2.11. The zero-order valence-electron chi connectivity index (χ0n) is 11.6. The molecule has 100 valence electrons. The summed E-state index contributed by atoms with van der Waals surface area (Å²) in [7, 11) is 1.91. The Labute approximate surface area is 118 Å². The molecule has 2 N–H and O–H groups in total. The highest BCUT2D eigenvalue weighted by molar-refractivity contribution is 5.67. The first-order chi connectivity index (χ1) is 9.78. The number of H-pyrrole nitrogens is 1. The summed E-state index contributed by atoms with van der Waals surface area (Å²) in [6, 6.07) is 16.5. The van der Waals surface area contributed by atoms with Gasteiger partial charge in [-0.05, 0) is 36.8 Å². The lowest BCUT2D eigenvalue weighted by molar-refractivity contribution is 1.30. The fourth-order valence-corrected chi connectivity index (χ4v) is 2.27. The molecule has 0 atom stereocenters. The van der Waals surface area contributed by atoms with Gasteiger partial charge in [0.2, 0.25) is 0 Å². The van der Waals surface area contributed by atoms with Gasteiger partial charge < -0.3 is 10.3 Å². The van der Waals surface area contributed by atoms with Gasteiger partial charge in [-0.2, -0.15) is 0 Å². The van der Waals surface area contributed by atoms with Crippen LogP contribution in [0, 0.1) is 6.92 Å². The van der Waals surface area contributed by atoms with Gasteiger partial charge in [0.1, 0.15) is 5.82 Å². The van der Waals surface area contributed by atoms with Crippen LogP contribution in [0.4, 0.5) is 5.69 Å². The van der Waals surface area contributed by atoms with Crippen molar-refractivity contribution in [3.8, 4) is 22.6 Å². The molecule has 0 saturated carbocycles. The van der Waals surface area contributed by atoms with Crippen molar-refractivity contribution in [1.82, 2.24) is 9.97 Å². The Bertz CT molecular complexity index is 711. The number of rotatable bonds is 3. The zero-order chi connectivity index (χ0) is 13.9. The first-order valence-electron chi connectivity index (χ1n) is 6.67. The van der Waals surface area contributed by atoms with Crippen LogP contribution in [-0.2, 0) is 0 Å². The molecule has 0 spiro atoms. The van der Waals surface area contributed by atoms with Gasteiger partial charge in [-0.25, -0.2) is 4.98 Å². The summed E-state index contributed by atoms with van der Waals surface area (Å²) < 4.78 is 0. The molecule has 0 amide bonds. The van der Waals surface area contributed by atoms with Crippen molar-refractivity contribution in [3.63, 3.8) is 0 Å². The number of hydrogen-bond acceptors (Lipinski definition) is 2. The monoisotopic (exact) mass is 263 g/mol. The zero-order valence-corrected chi connectivity index (χ0v) is 11.6. The van der Waals surface area contributed by atoms with Gasteiger partial charge in [-0.1, -0.05) is 24.3 Å². The van der Waals surface area contributed by atoms with E-state index in [1.54, 1.807) is 0 Å². The summed E-state index contributed by atoms with van der Waals surface area (Å²) in [4.78, 5) is 7.88. The standard InChI is InChI=1S/C17H17N3/c1-12-5-3-4-6-15(12)16-11-19-17(20-16)13-7-9-14(18-2)10-8-13/h3-11,18H,1-2H3,(H,19,20). The minimum absolute atomic E-state index is 0.894. The van der Waals surface area contributed by atoms with E-state index in [0.29, 0.717) is 0 Å². The van der Waals surface area contributed by atoms with E-state index in [1.807, 2.05) is 37.5 Å². The van der Waals surface area contributed by atoms with Crippen molar-refractivity contribution in [2.45, 2.75) is 6.92 Å². The van der Waals surface area contributed by atoms with Gasteiger partial charge in [0.05, 0.1) is 11.9 Å². The van der Waals surface area contributed by atoms with Crippen LogP contribution in [-0.4, -0.2) is 17.0 Å². The van der Waals surface area contributed by atoms with Crippen LogP contribution in [0.3, 0.4) is 0 Å². The SMILES string of the molecule is CNc1ccc(-c2ncc(-c3ccccc3C)[nH]2)cc1. The average Bonchev–Trinajstić information content (AvgIpc) is 2.97. The van der Waals surface area contributed by atoms with E-state index >= 15 is 0 Å². The highest BCUT2D eigenvalue weighted by atomic mass is 14.9. The summed E-state index contributed by atoms with van der Waals surface area (Å²) in [6.07, 6.45) is 1.89. The number of aromatic amines is 1. The molecule has 20 heavy (non-hydrogen) atoms. The largest absolute Gasteiger partial charge is 0.388 e. The molecule has 0 aliphatic carbocycles. The van der Waals surface area contributed by atoms with Gasteiger partial charge in [0.15, 0.2) is 0 Å². The first-order valence-corrected chi connectivity index (χ1v) is 6.67. The molecule has 2 aromatic carbocycles. The number of anilines is 1. The lowest BCUT2D eigenvalue weighted by atomic mass is 10.1. The third-order valence-corrected chi connectivity index (χ3v) is 3.46. The van der Waals surface area contributed by atoms with Gasteiger partial charge in [0, 0.05) is 23.9 Å². The summed E-state index contributed by atoms with van der Waals surface area (Å²) in [5.74, 6) is 0.894. The van der Waals surface area contributed by atoms with E-state index in [1.165, 1.54) is 11.1 Å². The molecular weight excluding hydrogens is 246 g/mol. The number of hydrogen-bond donors (Lipinski definition) is 2. The molecule has 3 aromatic rings. The fourth-order valence-electron chi connectivity index (χ4n) is 2.27. The summed E-state index contributed by atoms with van der Waals surface area (Å²) >= 11 is 0. The van der Waals surface area contributed by atoms with Gasteiger partial charge in [0.25, 0.3) is 0 Å². The quantitative estimate of drug-likeness (QED) is 0.747. The van der Waals surface area contributed by atoms with E-state index < -0.39 is 0 Å². The minimum Gasteiger partial charge on any atom is -0.388 e. The second-order valence-electron chi connectivity index (χ2n) is 4.79. The van der Waals surface area contributed by atoms with Crippen molar-refractivity contribution in [2.24, 2.45) is 0 Å². The van der Waals surface area contributed by atoms with Crippen molar-refractivity contribution in [2.75, 3.05) is 12.4 Å². The number of benzene rings is 2. The molecule has 0 aliphatic rings. The van der Waals surface area contributed by atoms with Gasteiger partial charge in [-0.15, -0.1) is 0 Å². The number of aromatic nitrogens is 2. The maximum absolute atomic E-state index is 4.48. The summed E-state index contributed by atoms with van der Waals surface area (Å²) in [5.41, 5.74) is 5.67. The Balaban J connectivity index is 1.95. The Hall–Kier alpha value is -2.55. The van der Waals surface area contributed by atoms with E-state index in [4.69, 9.17) is 0 Å². The molecule has 0 aliphatic heterocycles. The van der Waals surface area contributed by atoms with Crippen molar-refractivity contribution < 1.29 is 0 Å². The number of nitrogens with one attached hydrogen (secondary N) is 2. The molecule has 1 heterocycles. The smallest absolute Gasteiger partial charge is 0.137 e. The van der Waals surface area contributed by atoms with E-state index in [0.717, 1.165) is 22.8 Å². The number of nitrogens with zero attached hydrogens (tertiary/aromatic N) is 1. The number of imidazole rings is 1. The minimum atomic E-state index is 0.894. The van der Waals surface area contributed by atoms with Crippen LogP contribution < -0.4 is 5.32 Å². The van der Waals surface area contributed by atoms with Crippen LogP contribution in [0.15, 0.2) is 54.7 Å². The summed E-state index contributed by atoms with van der Waals surface area (Å²) in [5, 5.41) is 3.11. The van der Waals surface area contributed by atoms with Gasteiger partial charge in [-0.3, -0.25) is 0 Å². The Morgan fingerprint density at radius 2 is 1.75 bits per heavy atom. The molecule has 3 nitrogen and oxygen atoms in total. The molecule has 0 saturated heterocycles. The van der Waals surface area contributed by atoms with Crippen molar-refractivity contribution in [3.05, 3.63) is 60.3 Å². The predicted octanol–water partition coefficient (Wildman–Crippen LogP) is 4.09. The number of aryl methyl sites for hydroxylation is 1. The highest BCUT2D eigenvalue weighted by Gasteiger charge is 2.07. The van der Waals surface area contributed by atoms with Crippen molar-refractivity contribution >= 4 is 5.69 Å². The van der Waals surface area contributed by atoms with Crippen LogP contribution in [0.5, 0.6) is 0 Å². The van der Waals surface area contributed by atoms with E-state index in [2.05, 4.69) is 46.5 Å². The predicted molar refractivity (Wildman–Crippen MR) is 83.7 cm³/mol. The maximum Gasteiger partial charge on any atom is 0.137 e. The Morgan fingerprint density at radius 1 is 1.00 bits per heavy atom. The normalized spacial score (nSPS) is 10.5. The van der Waals surface area contributed by atoms with Crippen LogP contribution in [0.1, 0.15) is 5.56 Å². The second-order valence-corrected chi connectivity index (χ2v) is 4.79. The van der Waals surface area contributed by atoms with Crippen molar-refractivity contribution in [1.29, 1.82) is 0 Å². The fraction of sp³-hybridized carbons (Fsp3) is 0.118. The highest BCUT2D eigenvalue weighted by Crippen LogP contribution is 2.25. The van der Waals surface area contributed by atoms with E-state index in [-0.39, 0.29) is 0 Å². The Morgan fingerprint density at radius 3 is 2.45 bits per heavy atom. The second kappa shape index (κ2) is 5.21. The maximum atomic E-state index is 4.48. The molecule has 3 rings (SSSR count). The van der Waals surface area contributed by atoms with E-state index in [9.17, 15) is 0 Å². The van der Waals surface area contributed by atoms with Crippen LogP contribution in [0.25, 0.3) is 22.6 Å². The molecule has 0 fully saturated rings. The lowest BCUT2D eigenvalue weighted by Crippen LogP contribution is -1.87. The lowest BCUT2D eigenvalue weighted by Gasteiger charge is -2.03. The third kappa shape index (κ3) is 2.30. The third-order valence-electron chi connectivity index (χ3n) is 3.46. The van der Waals surface area contributed by atoms with Gasteiger partial charge >= 0.3 is 0 Å². The average molecular weight is 263 g/mol. The molecule has 1 aromatic heterocycles. The topological polar surface area (TPSA) is 40.7 Å². The van der Waals surface area contributed by atoms with Crippen LogP contribution >= 0.6 is 0 Å². The molecule has 3 heteroatoms. The molecule has 0 bridgehead atoms. The van der Waals surface area contributed by atoms with Crippen LogP contribution in [0.2, 0.25) is 0 Å². The Kier molecular flexibility index (Phi) is 3.25. The molecule has 0 radical (unpaired) electrons. The molecule has 0 unspecified atom stereocenters.